The number of rotatable bonds is 6. The maximum absolute atomic E-state index is 4.55. The molecule has 1 aromatic rings. The van der Waals surface area contributed by atoms with Crippen LogP contribution in [0.4, 0.5) is 0 Å². The van der Waals surface area contributed by atoms with E-state index in [-0.39, 0.29) is 0 Å². The molecule has 0 aromatic carbocycles. The van der Waals surface area contributed by atoms with Gasteiger partial charge in [0.2, 0.25) is 0 Å². The second kappa shape index (κ2) is 6.08. The van der Waals surface area contributed by atoms with Crippen LogP contribution < -0.4 is 5.32 Å². The third-order valence-electron chi connectivity index (χ3n) is 4.51. The zero-order chi connectivity index (χ0) is 13.9. The van der Waals surface area contributed by atoms with E-state index < -0.39 is 0 Å². The maximum atomic E-state index is 4.55. The molecule has 2 atom stereocenters. The van der Waals surface area contributed by atoms with Crippen LogP contribution in [0.5, 0.6) is 0 Å². The van der Waals surface area contributed by atoms with Crippen molar-refractivity contribution < 1.29 is 0 Å². The number of nitrogens with one attached hydrogen (secondary N) is 1. The van der Waals surface area contributed by atoms with Gasteiger partial charge in [-0.05, 0) is 37.6 Å². The van der Waals surface area contributed by atoms with Gasteiger partial charge in [-0.15, -0.1) is 0 Å². The van der Waals surface area contributed by atoms with Crippen LogP contribution in [0.1, 0.15) is 65.2 Å². The summed E-state index contributed by atoms with van der Waals surface area (Å²) in [6, 6.07) is 1.14. The molecule has 1 fully saturated rings. The van der Waals surface area contributed by atoms with Gasteiger partial charge in [0.05, 0.1) is 6.04 Å². The van der Waals surface area contributed by atoms with Crippen molar-refractivity contribution in [3.63, 3.8) is 0 Å². The molecule has 0 radical (unpaired) electrons. The summed E-state index contributed by atoms with van der Waals surface area (Å²) < 4.78 is 2.44. The van der Waals surface area contributed by atoms with Crippen LogP contribution in [0, 0.1) is 5.41 Å². The fraction of sp³-hybridized carbons (Fsp3) is 0.812. The molecule has 108 valence electrons. The molecule has 2 rings (SSSR count). The molecule has 19 heavy (non-hydrogen) atoms. The van der Waals surface area contributed by atoms with Gasteiger partial charge in [-0.1, -0.05) is 27.7 Å². The first-order valence-electron chi connectivity index (χ1n) is 7.85. The Labute approximate surface area is 117 Å². The van der Waals surface area contributed by atoms with Crippen molar-refractivity contribution in [2.75, 3.05) is 6.54 Å². The van der Waals surface area contributed by atoms with Gasteiger partial charge in [0.25, 0.3) is 0 Å². The summed E-state index contributed by atoms with van der Waals surface area (Å²) in [4.78, 5) is 4.55. The average Bonchev–Trinajstić information content (AvgIpc) is 2.92. The summed E-state index contributed by atoms with van der Waals surface area (Å²) in [5.74, 6) is 1.26. The third kappa shape index (κ3) is 3.02. The van der Waals surface area contributed by atoms with Crippen LogP contribution in [0.2, 0.25) is 0 Å². The molecule has 0 aliphatic heterocycles. The van der Waals surface area contributed by atoms with Crippen molar-refractivity contribution in [1.29, 1.82) is 0 Å². The highest BCUT2D eigenvalue weighted by atomic mass is 15.1. The Hall–Kier alpha value is -0.830. The van der Waals surface area contributed by atoms with Crippen LogP contribution in [0.3, 0.4) is 0 Å². The summed E-state index contributed by atoms with van der Waals surface area (Å²) in [5.41, 5.74) is 0.383. The fourth-order valence-electron chi connectivity index (χ4n) is 3.44. The number of hydrogen-bond donors (Lipinski definition) is 1. The molecule has 1 saturated carbocycles. The summed E-state index contributed by atoms with van der Waals surface area (Å²) >= 11 is 0. The second-order valence-corrected chi connectivity index (χ2v) is 6.53. The minimum atomic E-state index is 0.383. The standard InChI is InChI=1S/C16H29N3/c1-5-7-14-17-11-12-19(14)13-8-9-16(3,4)15(13)18-10-6-2/h11-13,15,18H,5-10H2,1-4H3. The number of aryl methyl sites for hydroxylation is 1. The highest BCUT2D eigenvalue weighted by molar-refractivity contribution is 5.05. The Morgan fingerprint density at radius 2 is 2.16 bits per heavy atom. The zero-order valence-electron chi connectivity index (χ0n) is 12.9. The van der Waals surface area contributed by atoms with Gasteiger partial charge < -0.3 is 9.88 Å². The first-order chi connectivity index (χ1) is 9.10. The van der Waals surface area contributed by atoms with E-state index in [1.165, 1.54) is 31.5 Å². The van der Waals surface area contributed by atoms with Crippen LogP contribution in [-0.2, 0) is 6.42 Å². The van der Waals surface area contributed by atoms with Gasteiger partial charge >= 0.3 is 0 Å². The van der Waals surface area contributed by atoms with Crippen molar-refractivity contribution >= 4 is 0 Å². The summed E-state index contributed by atoms with van der Waals surface area (Å²) in [7, 11) is 0. The van der Waals surface area contributed by atoms with E-state index >= 15 is 0 Å². The molecule has 2 unspecified atom stereocenters. The van der Waals surface area contributed by atoms with E-state index in [4.69, 9.17) is 0 Å². The van der Waals surface area contributed by atoms with E-state index in [0.717, 1.165) is 13.0 Å². The predicted molar refractivity (Wildman–Crippen MR) is 80.4 cm³/mol. The minimum Gasteiger partial charge on any atom is -0.330 e. The first kappa shape index (κ1) is 14.6. The first-order valence-corrected chi connectivity index (χ1v) is 7.85. The topological polar surface area (TPSA) is 29.9 Å². The Balaban J connectivity index is 2.19. The highest BCUT2D eigenvalue weighted by Gasteiger charge is 2.42. The van der Waals surface area contributed by atoms with E-state index in [1.54, 1.807) is 0 Å². The molecule has 0 spiro atoms. The number of nitrogens with zero attached hydrogens (tertiary/aromatic N) is 2. The molecule has 1 aliphatic rings. The van der Waals surface area contributed by atoms with Gasteiger partial charge in [-0.25, -0.2) is 4.98 Å². The molecule has 3 nitrogen and oxygen atoms in total. The molecule has 1 aliphatic carbocycles. The lowest BCUT2D eigenvalue weighted by Gasteiger charge is -2.33. The van der Waals surface area contributed by atoms with Crippen LogP contribution in [0.25, 0.3) is 0 Å². The molecule has 1 aromatic heterocycles. The summed E-state index contributed by atoms with van der Waals surface area (Å²) in [5, 5.41) is 3.78. The third-order valence-corrected chi connectivity index (χ3v) is 4.51. The molecule has 0 saturated heterocycles. The zero-order valence-corrected chi connectivity index (χ0v) is 12.9. The van der Waals surface area contributed by atoms with Crippen LogP contribution in [-0.4, -0.2) is 22.1 Å². The quantitative estimate of drug-likeness (QED) is 0.850. The lowest BCUT2D eigenvalue weighted by Crippen LogP contribution is -2.43. The van der Waals surface area contributed by atoms with E-state index in [2.05, 4.69) is 48.8 Å². The Morgan fingerprint density at radius 1 is 1.37 bits per heavy atom. The van der Waals surface area contributed by atoms with Crippen molar-refractivity contribution in [1.82, 2.24) is 14.9 Å². The molecular formula is C16H29N3. The normalized spacial score (nSPS) is 25.9. The van der Waals surface area contributed by atoms with Gasteiger partial charge in [0.1, 0.15) is 5.82 Å². The highest BCUT2D eigenvalue weighted by Crippen LogP contribution is 2.44. The van der Waals surface area contributed by atoms with Crippen molar-refractivity contribution in [2.24, 2.45) is 5.41 Å². The SMILES string of the molecule is CCCNC1C(n2ccnc2CCC)CCC1(C)C. The summed E-state index contributed by atoms with van der Waals surface area (Å²) in [6.45, 7) is 10.4. The van der Waals surface area contributed by atoms with Crippen molar-refractivity contribution in [2.45, 2.75) is 71.9 Å². The molecule has 3 heteroatoms. The molecule has 0 bridgehead atoms. The minimum absolute atomic E-state index is 0.383. The van der Waals surface area contributed by atoms with E-state index in [1.807, 2.05) is 6.20 Å². The molecular weight excluding hydrogens is 234 g/mol. The fourth-order valence-corrected chi connectivity index (χ4v) is 3.44. The Morgan fingerprint density at radius 3 is 2.84 bits per heavy atom. The monoisotopic (exact) mass is 263 g/mol. The van der Waals surface area contributed by atoms with E-state index in [9.17, 15) is 0 Å². The van der Waals surface area contributed by atoms with Gasteiger partial charge in [0.15, 0.2) is 0 Å². The number of aromatic nitrogens is 2. The second-order valence-electron chi connectivity index (χ2n) is 6.53. The van der Waals surface area contributed by atoms with Gasteiger partial charge in [-0.3, -0.25) is 0 Å². The van der Waals surface area contributed by atoms with Crippen molar-refractivity contribution in [3.05, 3.63) is 18.2 Å². The maximum Gasteiger partial charge on any atom is 0.108 e. The average molecular weight is 263 g/mol. The van der Waals surface area contributed by atoms with E-state index in [0.29, 0.717) is 17.5 Å². The largest absolute Gasteiger partial charge is 0.330 e. The molecule has 1 heterocycles. The smallest absolute Gasteiger partial charge is 0.108 e. The van der Waals surface area contributed by atoms with Gasteiger partial charge in [0, 0.05) is 24.9 Å². The Bertz CT molecular complexity index is 394. The van der Waals surface area contributed by atoms with Crippen LogP contribution in [0.15, 0.2) is 12.4 Å². The lowest BCUT2D eigenvalue weighted by molar-refractivity contribution is 0.247. The number of imidazole rings is 1. The number of hydrogen-bond acceptors (Lipinski definition) is 2. The Kier molecular flexibility index (Phi) is 4.67. The lowest BCUT2D eigenvalue weighted by atomic mass is 9.86. The van der Waals surface area contributed by atoms with Crippen molar-refractivity contribution in [3.8, 4) is 0 Å². The van der Waals surface area contributed by atoms with Gasteiger partial charge in [-0.2, -0.15) is 0 Å². The summed E-state index contributed by atoms with van der Waals surface area (Å²) in [6.07, 6.45) is 10.2. The molecule has 0 amide bonds. The predicted octanol–water partition coefficient (Wildman–Crippen LogP) is 3.56. The molecule has 1 N–H and O–H groups in total. The van der Waals surface area contributed by atoms with Crippen LogP contribution >= 0.6 is 0 Å².